The van der Waals surface area contributed by atoms with Gasteiger partial charge in [-0.2, -0.15) is 0 Å². The van der Waals surface area contributed by atoms with E-state index in [9.17, 15) is 0 Å². The predicted molar refractivity (Wildman–Crippen MR) is 275 cm³/mol. The van der Waals surface area contributed by atoms with Gasteiger partial charge in [0.1, 0.15) is 0 Å². The summed E-state index contributed by atoms with van der Waals surface area (Å²) in [5.74, 6) is 0. The first-order valence-corrected chi connectivity index (χ1v) is 24.9. The number of fused-ring (bicyclic) bond motifs is 4. The maximum atomic E-state index is 2.48. The highest BCUT2D eigenvalue weighted by Crippen LogP contribution is 2.49. The molecule has 65 heavy (non-hydrogen) atoms. The Morgan fingerprint density at radius 3 is 0.662 bits per heavy atom. The minimum atomic E-state index is 1.17. The van der Waals surface area contributed by atoms with Crippen LogP contribution >= 0.6 is 0 Å². The summed E-state index contributed by atoms with van der Waals surface area (Å²) in [7, 11) is 0. The van der Waals surface area contributed by atoms with Gasteiger partial charge in [0.05, 0.1) is 0 Å². The van der Waals surface area contributed by atoms with E-state index in [0.717, 1.165) is 0 Å². The maximum absolute atomic E-state index is 2.48. The molecule has 0 atom stereocenters. The van der Waals surface area contributed by atoms with Crippen molar-refractivity contribution in [3.8, 4) is 55.6 Å². The molecule has 0 saturated carbocycles. The predicted octanol–water partition coefficient (Wildman–Crippen LogP) is 17.0. The summed E-state index contributed by atoms with van der Waals surface area (Å²) in [6.07, 6.45) is 19.7. The van der Waals surface area contributed by atoms with Gasteiger partial charge in [-0.25, -0.2) is 0 Å². The van der Waals surface area contributed by atoms with E-state index in [4.69, 9.17) is 0 Å². The van der Waals surface area contributed by atoms with Crippen LogP contribution < -0.4 is 4.90 Å². The molecule has 12 rings (SSSR count). The van der Waals surface area contributed by atoms with Crippen LogP contribution in [0.1, 0.15) is 95.9 Å². The fourth-order valence-corrected chi connectivity index (χ4v) is 12.6. The Hall–Kier alpha value is -6.44. The van der Waals surface area contributed by atoms with Crippen molar-refractivity contribution >= 4 is 17.1 Å². The summed E-state index contributed by atoms with van der Waals surface area (Å²) in [5, 5.41) is 0. The molecule has 320 valence electrons. The molecule has 0 N–H and O–H groups in total. The molecule has 0 spiro atoms. The van der Waals surface area contributed by atoms with E-state index >= 15 is 0 Å². The van der Waals surface area contributed by atoms with Gasteiger partial charge < -0.3 is 4.90 Å². The number of rotatable bonds is 8. The highest BCUT2D eigenvalue weighted by molar-refractivity contribution is 5.88. The van der Waals surface area contributed by atoms with Crippen LogP contribution in [0.3, 0.4) is 0 Å². The molecule has 1 nitrogen and oxygen atoms in total. The van der Waals surface area contributed by atoms with E-state index < -0.39 is 0 Å². The molecule has 0 amide bonds. The molecule has 0 aromatic heterocycles. The number of hydrogen-bond donors (Lipinski definition) is 0. The van der Waals surface area contributed by atoms with E-state index in [2.05, 4.69) is 169 Å². The average Bonchev–Trinajstić information content (AvgIpc) is 3.39. The Bertz CT molecular complexity index is 2740. The molecular formula is C64H59N. The molecule has 8 aromatic rings. The monoisotopic (exact) mass is 841 g/mol. The first-order chi connectivity index (χ1) is 32.3. The van der Waals surface area contributed by atoms with Crippen molar-refractivity contribution < 1.29 is 0 Å². The maximum Gasteiger partial charge on any atom is 0.0462 e. The molecular weight excluding hydrogens is 783 g/mol. The van der Waals surface area contributed by atoms with E-state index in [-0.39, 0.29) is 0 Å². The standard InChI is InChI=1S/C64H59N/c1-4-18-44(19-5-1)45-32-38-50(39-33-45)65(51-40-34-48(35-41-51)63-57-28-14-10-24-53(57)61(46-20-6-2-7-21-46)54-25-11-15-29-58(54)63)52-42-36-49(37-43-52)64-59-30-16-12-26-55(59)62(47-22-8-3-9-23-47)56-27-13-17-31-60(56)64/h1-9,18-23,32-43H,10-17,24-31H2. The van der Waals surface area contributed by atoms with Crippen molar-refractivity contribution in [2.24, 2.45) is 0 Å². The van der Waals surface area contributed by atoms with Crippen molar-refractivity contribution in [3.63, 3.8) is 0 Å². The van der Waals surface area contributed by atoms with Crippen molar-refractivity contribution in [2.75, 3.05) is 4.90 Å². The molecule has 0 heterocycles. The lowest BCUT2D eigenvalue weighted by atomic mass is 9.73. The highest BCUT2D eigenvalue weighted by atomic mass is 15.1. The van der Waals surface area contributed by atoms with Gasteiger partial charge in [-0.1, -0.05) is 127 Å². The van der Waals surface area contributed by atoms with E-state index in [1.54, 1.807) is 66.8 Å². The van der Waals surface area contributed by atoms with Crippen LogP contribution in [0, 0.1) is 0 Å². The van der Waals surface area contributed by atoms with E-state index in [1.165, 1.54) is 153 Å². The van der Waals surface area contributed by atoms with Gasteiger partial charge in [0, 0.05) is 17.1 Å². The van der Waals surface area contributed by atoms with Crippen LogP contribution in [-0.4, -0.2) is 0 Å². The zero-order valence-electron chi connectivity index (χ0n) is 37.8. The van der Waals surface area contributed by atoms with Crippen LogP contribution in [0.15, 0.2) is 164 Å². The molecule has 0 aliphatic heterocycles. The van der Waals surface area contributed by atoms with Gasteiger partial charge in [-0.3, -0.25) is 0 Å². The average molecular weight is 842 g/mol. The normalized spacial score (nSPS) is 15.3. The summed E-state index contributed by atoms with van der Waals surface area (Å²) < 4.78 is 0. The van der Waals surface area contributed by atoms with Crippen LogP contribution in [-0.2, 0) is 51.4 Å². The third kappa shape index (κ3) is 7.34. The zero-order chi connectivity index (χ0) is 43.1. The lowest BCUT2D eigenvalue weighted by Crippen LogP contribution is -2.16. The quantitative estimate of drug-likeness (QED) is 0.147. The first kappa shape index (κ1) is 40.1. The Kier molecular flexibility index (Phi) is 10.8. The largest absolute Gasteiger partial charge is 0.311 e. The SMILES string of the molecule is c1ccc(-c2ccc(N(c3ccc(-c4c5c(c(-c6ccccc6)c6c4CCCC6)CCCC5)cc3)c3ccc(-c4c5c(c(-c6ccccc6)c6c4CCCC6)CCCC5)cc3)cc2)cc1. The summed E-state index contributed by atoms with van der Waals surface area (Å²) in [5.41, 5.74) is 30.8. The molecule has 4 aliphatic carbocycles. The van der Waals surface area contributed by atoms with Gasteiger partial charge in [0.15, 0.2) is 0 Å². The van der Waals surface area contributed by atoms with Crippen LogP contribution in [0.4, 0.5) is 17.1 Å². The topological polar surface area (TPSA) is 3.24 Å². The van der Waals surface area contributed by atoms with Gasteiger partial charge in [0.25, 0.3) is 0 Å². The minimum Gasteiger partial charge on any atom is -0.311 e. The van der Waals surface area contributed by atoms with Crippen LogP contribution in [0.5, 0.6) is 0 Å². The second-order valence-corrected chi connectivity index (χ2v) is 19.2. The summed E-state index contributed by atoms with van der Waals surface area (Å²) in [6, 6.07) is 62.0. The van der Waals surface area contributed by atoms with Crippen molar-refractivity contribution in [3.05, 3.63) is 208 Å². The molecule has 0 unspecified atom stereocenters. The Labute approximate surface area is 386 Å². The number of nitrogens with zero attached hydrogens (tertiary/aromatic N) is 1. The van der Waals surface area contributed by atoms with Crippen LogP contribution in [0.2, 0.25) is 0 Å². The molecule has 0 fully saturated rings. The Morgan fingerprint density at radius 2 is 0.400 bits per heavy atom. The molecule has 0 radical (unpaired) electrons. The lowest BCUT2D eigenvalue weighted by Gasteiger charge is -2.32. The second-order valence-electron chi connectivity index (χ2n) is 19.2. The number of hydrogen-bond acceptors (Lipinski definition) is 1. The van der Waals surface area contributed by atoms with Crippen molar-refractivity contribution in [1.29, 1.82) is 0 Å². The van der Waals surface area contributed by atoms with E-state index in [1.807, 2.05) is 0 Å². The van der Waals surface area contributed by atoms with Gasteiger partial charge >= 0.3 is 0 Å². The third-order valence-corrected chi connectivity index (χ3v) is 15.5. The minimum absolute atomic E-state index is 1.17. The van der Waals surface area contributed by atoms with Crippen LogP contribution in [0.25, 0.3) is 55.6 Å². The Morgan fingerprint density at radius 1 is 0.200 bits per heavy atom. The molecule has 4 aliphatic rings. The van der Waals surface area contributed by atoms with Crippen molar-refractivity contribution in [1.82, 2.24) is 0 Å². The summed E-state index contributed by atoms with van der Waals surface area (Å²) in [4.78, 5) is 2.48. The molecule has 0 bridgehead atoms. The van der Waals surface area contributed by atoms with Gasteiger partial charge in [0.2, 0.25) is 0 Å². The van der Waals surface area contributed by atoms with E-state index in [0.29, 0.717) is 0 Å². The third-order valence-electron chi connectivity index (χ3n) is 15.5. The first-order valence-electron chi connectivity index (χ1n) is 24.9. The fraction of sp³-hybridized carbons (Fsp3) is 0.250. The molecule has 0 saturated heterocycles. The number of benzene rings is 8. The van der Waals surface area contributed by atoms with Crippen molar-refractivity contribution in [2.45, 2.75) is 103 Å². The van der Waals surface area contributed by atoms with Gasteiger partial charge in [-0.05, 0) is 239 Å². The molecule has 8 aromatic carbocycles. The lowest BCUT2D eigenvalue weighted by molar-refractivity contribution is 0.662. The summed E-state index contributed by atoms with van der Waals surface area (Å²) in [6.45, 7) is 0. The molecule has 1 heteroatoms. The number of anilines is 3. The van der Waals surface area contributed by atoms with Gasteiger partial charge in [-0.15, -0.1) is 0 Å². The second kappa shape index (κ2) is 17.5. The zero-order valence-corrected chi connectivity index (χ0v) is 37.8. The smallest absolute Gasteiger partial charge is 0.0462 e. The fourth-order valence-electron chi connectivity index (χ4n) is 12.6. The highest BCUT2D eigenvalue weighted by Gasteiger charge is 2.30. The Balaban J connectivity index is 0.968. The summed E-state index contributed by atoms with van der Waals surface area (Å²) >= 11 is 0.